The topological polar surface area (TPSA) is 31.1 Å². The summed E-state index contributed by atoms with van der Waals surface area (Å²) in [5.41, 5.74) is 4.90. The highest BCUT2D eigenvalue weighted by molar-refractivity contribution is 5.85. The van der Waals surface area contributed by atoms with E-state index in [0.717, 1.165) is 13.1 Å². The molecule has 3 nitrogen and oxygen atoms in total. The first-order valence-electron chi connectivity index (χ1n) is 10.3. The third-order valence-electron chi connectivity index (χ3n) is 6.82. The normalized spacial score (nSPS) is 26.6. The zero-order chi connectivity index (χ0) is 17.3. The van der Waals surface area contributed by atoms with Gasteiger partial charge in [0.2, 0.25) is 0 Å². The molecule has 1 aromatic heterocycles. The van der Waals surface area contributed by atoms with Gasteiger partial charge in [-0.15, -0.1) is 0 Å². The van der Waals surface area contributed by atoms with E-state index in [1.165, 1.54) is 68.2 Å². The lowest BCUT2D eigenvalue weighted by atomic mass is 9.65. The van der Waals surface area contributed by atoms with Crippen LogP contribution in [0, 0.1) is 5.41 Å². The molecule has 2 aliphatic rings. The molecule has 2 aliphatic heterocycles. The van der Waals surface area contributed by atoms with E-state index in [1.54, 1.807) is 5.56 Å². The minimum absolute atomic E-state index is 0.434. The average Bonchev–Trinajstić information content (AvgIpc) is 3.04. The molecule has 2 atom stereocenters. The molecule has 136 valence electrons. The van der Waals surface area contributed by atoms with Crippen LogP contribution in [0.4, 0.5) is 0 Å². The number of rotatable bonds is 6. The summed E-state index contributed by atoms with van der Waals surface area (Å²) in [5.74, 6) is 0. The van der Waals surface area contributed by atoms with Gasteiger partial charge in [-0.2, -0.15) is 0 Å². The lowest BCUT2D eigenvalue weighted by Gasteiger charge is -2.52. The van der Waals surface area contributed by atoms with E-state index in [4.69, 9.17) is 0 Å². The van der Waals surface area contributed by atoms with Crippen molar-refractivity contribution >= 4 is 10.9 Å². The Morgan fingerprint density at radius 3 is 2.96 bits per heavy atom. The van der Waals surface area contributed by atoms with Crippen LogP contribution in [0.3, 0.4) is 0 Å². The summed E-state index contributed by atoms with van der Waals surface area (Å²) < 4.78 is 0. The number of fused-ring (bicyclic) bond motifs is 5. The molecule has 0 radical (unpaired) electrons. The van der Waals surface area contributed by atoms with Gasteiger partial charge in [0.1, 0.15) is 0 Å². The van der Waals surface area contributed by atoms with E-state index in [-0.39, 0.29) is 0 Å². The maximum atomic E-state index is 3.85. The molecular formula is C22H33N3. The number of aromatic nitrogens is 1. The first kappa shape index (κ1) is 17.1. The van der Waals surface area contributed by atoms with E-state index in [1.807, 2.05) is 0 Å². The highest BCUT2D eigenvalue weighted by Crippen LogP contribution is 2.53. The van der Waals surface area contributed by atoms with E-state index >= 15 is 0 Å². The van der Waals surface area contributed by atoms with Crippen LogP contribution >= 0.6 is 0 Å². The molecule has 0 spiro atoms. The van der Waals surface area contributed by atoms with Crippen LogP contribution in [0.15, 0.2) is 24.3 Å². The predicted molar refractivity (Wildman–Crippen MR) is 106 cm³/mol. The molecule has 0 saturated carbocycles. The first-order chi connectivity index (χ1) is 12.3. The standard InChI is InChI=1S/C22H33N3/c1-3-22(12-7-14-23-4-2)13-8-15-25-16-11-18-17-9-5-6-10-19(17)24-20(18)21(22)25/h5-6,9-10,21,23-24H,3-4,7-8,11-16H2,1-2H3. The van der Waals surface area contributed by atoms with E-state index in [2.05, 4.69) is 53.3 Å². The maximum Gasteiger partial charge on any atom is 0.0558 e. The Kier molecular flexibility index (Phi) is 4.88. The van der Waals surface area contributed by atoms with Gasteiger partial charge in [0.15, 0.2) is 0 Å². The Morgan fingerprint density at radius 2 is 2.12 bits per heavy atom. The fraction of sp³-hybridized carbons (Fsp3) is 0.636. The number of nitrogens with one attached hydrogen (secondary N) is 2. The molecule has 4 rings (SSSR count). The van der Waals surface area contributed by atoms with Crippen LogP contribution in [0.25, 0.3) is 10.9 Å². The molecule has 0 amide bonds. The molecule has 0 bridgehead atoms. The van der Waals surface area contributed by atoms with Crippen molar-refractivity contribution in [2.75, 3.05) is 26.2 Å². The average molecular weight is 340 g/mol. The number of H-pyrrole nitrogens is 1. The quantitative estimate of drug-likeness (QED) is 0.751. The van der Waals surface area contributed by atoms with Gasteiger partial charge in [-0.1, -0.05) is 32.0 Å². The third kappa shape index (κ3) is 2.92. The largest absolute Gasteiger partial charge is 0.357 e. The van der Waals surface area contributed by atoms with Crippen LogP contribution in [0.2, 0.25) is 0 Å². The number of benzene rings is 1. The van der Waals surface area contributed by atoms with Crippen molar-refractivity contribution in [2.45, 2.75) is 58.4 Å². The van der Waals surface area contributed by atoms with Crippen LogP contribution in [-0.4, -0.2) is 36.1 Å². The fourth-order valence-corrected chi connectivity index (χ4v) is 5.55. The minimum atomic E-state index is 0.434. The monoisotopic (exact) mass is 339 g/mol. The van der Waals surface area contributed by atoms with E-state index in [9.17, 15) is 0 Å². The zero-order valence-electron chi connectivity index (χ0n) is 15.9. The van der Waals surface area contributed by atoms with E-state index in [0.29, 0.717) is 11.5 Å². The molecular weight excluding hydrogens is 306 g/mol. The molecule has 1 fully saturated rings. The smallest absolute Gasteiger partial charge is 0.0558 e. The van der Waals surface area contributed by atoms with Crippen molar-refractivity contribution < 1.29 is 0 Å². The van der Waals surface area contributed by atoms with Gasteiger partial charge in [0.05, 0.1) is 6.04 Å². The molecule has 25 heavy (non-hydrogen) atoms. The summed E-state index contributed by atoms with van der Waals surface area (Å²) >= 11 is 0. The van der Waals surface area contributed by atoms with Crippen LogP contribution in [0.1, 0.15) is 63.3 Å². The number of aromatic amines is 1. The fourth-order valence-electron chi connectivity index (χ4n) is 5.55. The summed E-state index contributed by atoms with van der Waals surface area (Å²) in [7, 11) is 0. The van der Waals surface area contributed by atoms with Crippen molar-refractivity contribution in [1.82, 2.24) is 15.2 Å². The number of nitrogens with zero attached hydrogens (tertiary/aromatic N) is 1. The lowest BCUT2D eigenvalue weighted by molar-refractivity contribution is -0.00847. The molecule has 1 saturated heterocycles. The highest BCUT2D eigenvalue weighted by atomic mass is 15.2. The van der Waals surface area contributed by atoms with Crippen molar-refractivity contribution in [1.29, 1.82) is 0 Å². The summed E-state index contributed by atoms with van der Waals surface area (Å²) in [6, 6.07) is 9.49. The molecule has 3 heterocycles. The molecule has 2 N–H and O–H groups in total. The summed E-state index contributed by atoms with van der Waals surface area (Å²) in [6.07, 6.45) is 7.86. The van der Waals surface area contributed by atoms with Crippen LogP contribution in [-0.2, 0) is 6.42 Å². The number of hydrogen-bond acceptors (Lipinski definition) is 2. The second-order valence-corrected chi connectivity index (χ2v) is 8.03. The van der Waals surface area contributed by atoms with E-state index < -0.39 is 0 Å². The second kappa shape index (κ2) is 7.13. The number of piperidine rings is 1. The van der Waals surface area contributed by atoms with Gasteiger partial charge in [0, 0.05) is 23.1 Å². The molecule has 0 aliphatic carbocycles. The number of hydrogen-bond donors (Lipinski definition) is 2. The molecule has 2 aromatic rings. The minimum Gasteiger partial charge on any atom is -0.357 e. The Balaban J connectivity index is 1.71. The molecule has 1 aromatic carbocycles. The van der Waals surface area contributed by atoms with Crippen LogP contribution in [0.5, 0.6) is 0 Å². The zero-order valence-corrected chi connectivity index (χ0v) is 15.9. The third-order valence-corrected chi connectivity index (χ3v) is 6.82. The van der Waals surface area contributed by atoms with Crippen molar-refractivity contribution in [2.24, 2.45) is 5.41 Å². The Labute approximate surface area is 152 Å². The van der Waals surface area contributed by atoms with Gasteiger partial charge in [-0.05, 0) is 75.2 Å². The van der Waals surface area contributed by atoms with Crippen molar-refractivity contribution in [3.8, 4) is 0 Å². The van der Waals surface area contributed by atoms with Crippen LogP contribution < -0.4 is 5.32 Å². The van der Waals surface area contributed by atoms with Gasteiger partial charge in [-0.25, -0.2) is 0 Å². The maximum absolute atomic E-state index is 3.85. The summed E-state index contributed by atoms with van der Waals surface area (Å²) in [4.78, 5) is 6.64. The summed E-state index contributed by atoms with van der Waals surface area (Å²) in [6.45, 7) is 9.37. The first-order valence-corrected chi connectivity index (χ1v) is 10.3. The van der Waals surface area contributed by atoms with Gasteiger partial charge in [0.25, 0.3) is 0 Å². The van der Waals surface area contributed by atoms with Crippen molar-refractivity contribution in [3.63, 3.8) is 0 Å². The Hall–Kier alpha value is -1.32. The summed E-state index contributed by atoms with van der Waals surface area (Å²) in [5, 5.41) is 4.98. The lowest BCUT2D eigenvalue weighted by Crippen LogP contribution is -2.49. The van der Waals surface area contributed by atoms with Gasteiger partial charge in [-0.3, -0.25) is 4.90 Å². The second-order valence-electron chi connectivity index (χ2n) is 8.03. The molecule has 3 heteroatoms. The Bertz CT molecular complexity index is 719. The number of para-hydroxylation sites is 1. The van der Waals surface area contributed by atoms with Gasteiger partial charge < -0.3 is 10.3 Å². The predicted octanol–water partition coefficient (Wildman–Crippen LogP) is 4.65. The van der Waals surface area contributed by atoms with Gasteiger partial charge >= 0.3 is 0 Å². The molecule has 2 unspecified atom stereocenters. The SMILES string of the molecule is CCNCCCC1(CC)CCCN2CCc3c([nH]c4ccccc34)C21. The van der Waals surface area contributed by atoms with Crippen molar-refractivity contribution in [3.05, 3.63) is 35.5 Å². The Morgan fingerprint density at radius 1 is 1.24 bits per heavy atom. The highest BCUT2D eigenvalue weighted by Gasteiger charge is 2.46.